The standard InChI is InChI=1S/C13H18N4O2/c14-12(18)7-17(8-13(15)19)11-5-1-4-10-9(11)3-2-6-16-10/h1,4-5,16H,2-3,6-8H2,(H2,14,18)(H2,15,19). The van der Waals surface area contributed by atoms with Crippen molar-refractivity contribution in [3.05, 3.63) is 23.8 Å². The number of nitrogens with one attached hydrogen (secondary N) is 1. The van der Waals surface area contributed by atoms with E-state index in [0.29, 0.717) is 0 Å². The minimum Gasteiger partial charge on any atom is -0.385 e. The molecule has 0 aliphatic carbocycles. The van der Waals surface area contributed by atoms with E-state index in [9.17, 15) is 9.59 Å². The van der Waals surface area contributed by atoms with Gasteiger partial charge in [-0.1, -0.05) is 6.07 Å². The lowest BCUT2D eigenvalue weighted by molar-refractivity contribution is -0.117. The van der Waals surface area contributed by atoms with Gasteiger partial charge in [-0.3, -0.25) is 9.59 Å². The smallest absolute Gasteiger partial charge is 0.236 e. The molecule has 0 fully saturated rings. The minimum absolute atomic E-state index is 0.0145. The van der Waals surface area contributed by atoms with E-state index in [4.69, 9.17) is 11.5 Å². The van der Waals surface area contributed by atoms with Crippen LogP contribution in [0.1, 0.15) is 12.0 Å². The molecule has 0 bridgehead atoms. The molecule has 2 rings (SSSR count). The second-order valence-electron chi connectivity index (χ2n) is 4.62. The predicted octanol–water partition coefficient (Wildman–Crippen LogP) is -0.178. The van der Waals surface area contributed by atoms with Gasteiger partial charge in [0.25, 0.3) is 0 Å². The molecule has 2 amide bonds. The summed E-state index contributed by atoms with van der Waals surface area (Å²) in [5.41, 5.74) is 13.5. The molecule has 0 aromatic heterocycles. The second-order valence-corrected chi connectivity index (χ2v) is 4.62. The van der Waals surface area contributed by atoms with Crippen LogP contribution in [0.4, 0.5) is 11.4 Å². The molecule has 1 aromatic carbocycles. The molecule has 1 aliphatic heterocycles. The number of fused-ring (bicyclic) bond motifs is 1. The van der Waals surface area contributed by atoms with Crippen LogP contribution in [-0.2, 0) is 16.0 Å². The summed E-state index contributed by atoms with van der Waals surface area (Å²) in [5, 5.41) is 3.31. The average Bonchev–Trinajstić information content (AvgIpc) is 2.36. The number of amides is 2. The molecule has 102 valence electrons. The van der Waals surface area contributed by atoms with Gasteiger partial charge in [0.2, 0.25) is 11.8 Å². The lowest BCUT2D eigenvalue weighted by Crippen LogP contribution is -2.40. The van der Waals surface area contributed by atoms with Crippen molar-refractivity contribution >= 4 is 23.2 Å². The maximum Gasteiger partial charge on any atom is 0.236 e. The van der Waals surface area contributed by atoms with E-state index in [1.807, 2.05) is 18.2 Å². The zero-order valence-corrected chi connectivity index (χ0v) is 10.7. The van der Waals surface area contributed by atoms with Crippen LogP contribution in [0.25, 0.3) is 0 Å². The Morgan fingerprint density at radius 2 is 1.89 bits per heavy atom. The summed E-state index contributed by atoms with van der Waals surface area (Å²) < 4.78 is 0. The Morgan fingerprint density at radius 1 is 1.21 bits per heavy atom. The highest BCUT2D eigenvalue weighted by Gasteiger charge is 2.19. The summed E-state index contributed by atoms with van der Waals surface area (Å²) >= 11 is 0. The Morgan fingerprint density at radius 3 is 2.53 bits per heavy atom. The first kappa shape index (κ1) is 13.2. The zero-order chi connectivity index (χ0) is 13.8. The van der Waals surface area contributed by atoms with Gasteiger partial charge in [-0.15, -0.1) is 0 Å². The lowest BCUT2D eigenvalue weighted by Gasteiger charge is -2.28. The van der Waals surface area contributed by atoms with Gasteiger partial charge in [0.15, 0.2) is 0 Å². The Labute approximate surface area is 111 Å². The van der Waals surface area contributed by atoms with E-state index < -0.39 is 11.8 Å². The molecule has 0 radical (unpaired) electrons. The number of anilines is 2. The summed E-state index contributed by atoms with van der Waals surface area (Å²) in [4.78, 5) is 23.9. The average molecular weight is 262 g/mol. The van der Waals surface area contributed by atoms with E-state index >= 15 is 0 Å². The largest absolute Gasteiger partial charge is 0.385 e. The minimum atomic E-state index is -0.484. The number of primary amides is 2. The summed E-state index contributed by atoms with van der Waals surface area (Å²) in [6.45, 7) is 0.904. The van der Waals surface area contributed by atoms with Gasteiger partial charge in [-0.25, -0.2) is 0 Å². The van der Waals surface area contributed by atoms with Gasteiger partial charge >= 0.3 is 0 Å². The van der Waals surface area contributed by atoms with Gasteiger partial charge in [0, 0.05) is 17.9 Å². The second kappa shape index (κ2) is 5.60. The monoisotopic (exact) mass is 262 g/mol. The van der Waals surface area contributed by atoms with Crippen molar-refractivity contribution in [1.29, 1.82) is 0 Å². The van der Waals surface area contributed by atoms with Gasteiger partial charge in [0.1, 0.15) is 0 Å². The molecule has 0 saturated carbocycles. The number of nitrogens with two attached hydrogens (primary N) is 2. The van der Waals surface area contributed by atoms with Crippen LogP contribution in [0.15, 0.2) is 18.2 Å². The lowest BCUT2D eigenvalue weighted by atomic mass is 10.0. The molecule has 19 heavy (non-hydrogen) atoms. The number of hydrogen-bond donors (Lipinski definition) is 3. The highest BCUT2D eigenvalue weighted by Crippen LogP contribution is 2.31. The Hall–Kier alpha value is -2.24. The highest BCUT2D eigenvalue weighted by atomic mass is 16.2. The van der Waals surface area contributed by atoms with E-state index in [1.54, 1.807) is 4.90 Å². The summed E-state index contributed by atoms with van der Waals surface area (Å²) in [6.07, 6.45) is 1.93. The zero-order valence-electron chi connectivity index (χ0n) is 10.7. The molecule has 0 spiro atoms. The van der Waals surface area contributed by atoms with Crippen molar-refractivity contribution in [3.63, 3.8) is 0 Å². The Balaban J connectivity index is 2.35. The number of hydrogen-bond acceptors (Lipinski definition) is 4. The van der Waals surface area contributed by atoms with Crippen molar-refractivity contribution in [3.8, 4) is 0 Å². The third-order valence-corrected chi connectivity index (χ3v) is 3.10. The molecule has 1 aliphatic rings. The molecule has 5 N–H and O–H groups in total. The van der Waals surface area contributed by atoms with Crippen LogP contribution < -0.4 is 21.7 Å². The van der Waals surface area contributed by atoms with Crippen molar-refractivity contribution in [2.45, 2.75) is 12.8 Å². The molecule has 6 heteroatoms. The Kier molecular flexibility index (Phi) is 3.89. The molecule has 1 heterocycles. The molecule has 1 aromatic rings. The van der Waals surface area contributed by atoms with E-state index in [0.717, 1.165) is 36.3 Å². The summed E-state index contributed by atoms with van der Waals surface area (Å²) in [6, 6.07) is 5.77. The van der Waals surface area contributed by atoms with E-state index in [2.05, 4.69) is 5.32 Å². The predicted molar refractivity (Wildman–Crippen MR) is 73.9 cm³/mol. The molecule has 0 saturated heterocycles. The van der Waals surface area contributed by atoms with Crippen molar-refractivity contribution in [1.82, 2.24) is 0 Å². The fourth-order valence-electron chi connectivity index (χ4n) is 2.39. The summed E-state index contributed by atoms with van der Waals surface area (Å²) in [5.74, 6) is -0.967. The third-order valence-electron chi connectivity index (χ3n) is 3.10. The van der Waals surface area contributed by atoms with Gasteiger partial charge in [-0.2, -0.15) is 0 Å². The first-order chi connectivity index (χ1) is 9.08. The number of nitrogens with zero attached hydrogens (tertiary/aromatic N) is 1. The maximum absolute atomic E-state index is 11.1. The van der Waals surface area contributed by atoms with Crippen LogP contribution in [-0.4, -0.2) is 31.4 Å². The quantitative estimate of drug-likeness (QED) is 0.685. The fraction of sp³-hybridized carbons (Fsp3) is 0.385. The topological polar surface area (TPSA) is 101 Å². The third kappa shape index (κ3) is 3.15. The highest BCUT2D eigenvalue weighted by molar-refractivity contribution is 5.86. The van der Waals surface area contributed by atoms with Crippen LogP contribution >= 0.6 is 0 Å². The van der Waals surface area contributed by atoms with Crippen molar-refractivity contribution in [2.75, 3.05) is 29.9 Å². The van der Waals surface area contributed by atoms with Crippen molar-refractivity contribution < 1.29 is 9.59 Å². The van der Waals surface area contributed by atoms with Crippen LogP contribution in [0.5, 0.6) is 0 Å². The number of rotatable bonds is 5. The molecular weight excluding hydrogens is 244 g/mol. The van der Waals surface area contributed by atoms with Gasteiger partial charge in [0.05, 0.1) is 13.1 Å². The number of carbonyl (C=O) groups is 2. The fourth-order valence-corrected chi connectivity index (χ4v) is 2.39. The van der Waals surface area contributed by atoms with Gasteiger partial charge < -0.3 is 21.7 Å². The van der Waals surface area contributed by atoms with Crippen LogP contribution in [0, 0.1) is 0 Å². The number of benzene rings is 1. The van der Waals surface area contributed by atoms with Crippen LogP contribution in [0.2, 0.25) is 0 Å². The van der Waals surface area contributed by atoms with E-state index in [-0.39, 0.29) is 13.1 Å². The summed E-state index contributed by atoms with van der Waals surface area (Å²) in [7, 11) is 0. The van der Waals surface area contributed by atoms with Gasteiger partial charge in [-0.05, 0) is 30.5 Å². The Bertz CT molecular complexity index is 485. The first-order valence-electron chi connectivity index (χ1n) is 6.25. The first-order valence-corrected chi connectivity index (χ1v) is 6.25. The molecule has 0 atom stereocenters. The molecule has 6 nitrogen and oxygen atoms in total. The van der Waals surface area contributed by atoms with Crippen molar-refractivity contribution in [2.24, 2.45) is 11.5 Å². The number of carbonyl (C=O) groups excluding carboxylic acids is 2. The maximum atomic E-state index is 11.1. The molecular formula is C13H18N4O2. The normalized spacial score (nSPS) is 13.3. The SMILES string of the molecule is NC(=O)CN(CC(N)=O)c1cccc2c1CCCN2. The molecule has 0 unspecified atom stereocenters. The van der Waals surface area contributed by atoms with Crippen LogP contribution in [0.3, 0.4) is 0 Å². The van der Waals surface area contributed by atoms with E-state index in [1.165, 1.54) is 0 Å².